The van der Waals surface area contributed by atoms with Gasteiger partial charge in [0.1, 0.15) is 4.88 Å². The monoisotopic (exact) mass is 515 g/mol. The summed E-state index contributed by atoms with van der Waals surface area (Å²) in [4.78, 5) is 30.7. The Kier molecular flexibility index (Phi) is 6.29. The number of hydrogen-bond acceptors (Lipinski definition) is 5. The van der Waals surface area contributed by atoms with Gasteiger partial charge in [-0.1, -0.05) is 35.3 Å². The first-order chi connectivity index (χ1) is 16.0. The van der Waals surface area contributed by atoms with Crippen molar-refractivity contribution in [3.05, 3.63) is 79.8 Å². The number of halogens is 2. The third-order valence-electron chi connectivity index (χ3n) is 5.59. The average molecular weight is 516 g/mol. The van der Waals surface area contributed by atoms with E-state index in [1.54, 1.807) is 6.07 Å². The van der Waals surface area contributed by atoms with Crippen LogP contribution in [0.5, 0.6) is 0 Å². The quantitative estimate of drug-likeness (QED) is 0.338. The second-order valence-electron chi connectivity index (χ2n) is 7.64. The van der Waals surface area contributed by atoms with Gasteiger partial charge in [0.05, 0.1) is 9.90 Å². The van der Waals surface area contributed by atoms with Crippen LogP contribution in [-0.4, -0.2) is 42.9 Å². The zero-order valence-corrected chi connectivity index (χ0v) is 20.5. The highest BCUT2D eigenvalue weighted by Crippen LogP contribution is 2.37. The van der Waals surface area contributed by atoms with Crippen molar-refractivity contribution in [1.82, 2.24) is 4.90 Å². The van der Waals surface area contributed by atoms with Gasteiger partial charge in [-0.2, -0.15) is 0 Å². The number of carbonyl (C=O) groups is 2. The van der Waals surface area contributed by atoms with Crippen LogP contribution in [0.2, 0.25) is 10.0 Å². The molecule has 0 spiro atoms. The van der Waals surface area contributed by atoms with Gasteiger partial charge in [-0.3, -0.25) is 9.59 Å². The molecule has 1 aliphatic heterocycles. The van der Waals surface area contributed by atoms with E-state index in [0.717, 1.165) is 33.7 Å². The van der Waals surface area contributed by atoms with Crippen LogP contribution in [0.1, 0.15) is 19.3 Å². The van der Waals surface area contributed by atoms with Crippen molar-refractivity contribution in [2.24, 2.45) is 0 Å². The molecular formula is C24H19Cl2N3O2S2. The molecule has 0 saturated carbocycles. The molecule has 1 aliphatic rings. The van der Waals surface area contributed by atoms with E-state index in [2.05, 4.69) is 10.2 Å². The molecular weight excluding hydrogens is 497 g/mol. The van der Waals surface area contributed by atoms with E-state index in [1.807, 2.05) is 58.8 Å². The fourth-order valence-electron chi connectivity index (χ4n) is 3.85. The van der Waals surface area contributed by atoms with E-state index >= 15 is 0 Å². The second kappa shape index (κ2) is 9.35. The number of benzene rings is 2. The number of thiophene rings is 2. The third kappa shape index (κ3) is 4.59. The Balaban J connectivity index is 1.22. The van der Waals surface area contributed by atoms with Crippen molar-refractivity contribution < 1.29 is 9.59 Å². The zero-order chi connectivity index (χ0) is 22.9. The number of fused-ring (bicyclic) bond motifs is 1. The average Bonchev–Trinajstić information content (AvgIpc) is 3.48. The Morgan fingerprint density at radius 2 is 1.70 bits per heavy atom. The number of nitrogens with zero attached hydrogens (tertiary/aromatic N) is 2. The molecule has 168 valence electrons. The van der Waals surface area contributed by atoms with Gasteiger partial charge < -0.3 is 15.1 Å². The number of hydrogen-bond donors (Lipinski definition) is 1. The summed E-state index contributed by atoms with van der Waals surface area (Å²) in [7, 11) is 0. The minimum Gasteiger partial charge on any atom is -0.368 e. The molecule has 3 heterocycles. The predicted molar refractivity (Wildman–Crippen MR) is 139 cm³/mol. The Morgan fingerprint density at radius 3 is 2.39 bits per heavy atom. The molecule has 9 heteroatoms. The van der Waals surface area contributed by atoms with E-state index in [1.165, 1.54) is 22.7 Å². The lowest BCUT2D eigenvalue weighted by molar-refractivity contribution is 0.0751. The van der Waals surface area contributed by atoms with Crippen LogP contribution < -0.4 is 10.2 Å². The third-order valence-corrected chi connectivity index (χ3v) is 8.34. The number of anilines is 2. The first-order valence-electron chi connectivity index (χ1n) is 10.4. The molecule has 0 atom stereocenters. The van der Waals surface area contributed by atoms with Crippen molar-refractivity contribution >= 4 is 79.2 Å². The van der Waals surface area contributed by atoms with Crippen molar-refractivity contribution in [1.29, 1.82) is 0 Å². The molecule has 5 nitrogen and oxygen atoms in total. The van der Waals surface area contributed by atoms with Crippen LogP contribution >= 0.6 is 45.9 Å². The molecule has 2 amide bonds. The van der Waals surface area contributed by atoms with Crippen molar-refractivity contribution in [3.63, 3.8) is 0 Å². The van der Waals surface area contributed by atoms with Crippen LogP contribution in [0.15, 0.2) is 60.0 Å². The highest BCUT2D eigenvalue weighted by molar-refractivity contribution is 7.21. The summed E-state index contributed by atoms with van der Waals surface area (Å²) in [5.74, 6) is -0.143. The van der Waals surface area contributed by atoms with Crippen LogP contribution in [0.4, 0.5) is 11.4 Å². The molecule has 33 heavy (non-hydrogen) atoms. The van der Waals surface area contributed by atoms with Crippen LogP contribution in [0, 0.1) is 0 Å². The van der Waals surface area contributed by atoms with Gasteiger partial charge in [0.15, 0.2) is 0 Å². The minimum atomic E-state index is -0.245. The molecule has 1 saturated heterocycles. The lowest BCUT2D eigenvalue weighted by atomic mass is 10.2. The second-order valence-corrected chi connectivity index (χ2v) is 10.5. The molecule has 0 radical (unpaired) electrons. The van der Waals surface area contributed by atoms with Gasteiger partial charge in [0, 0.05) is 52.7 Å². The summed E-state index contributed by atoms with van der Waals surface area (Å²) >= 11 is 15.3. The lowest BCUT2D eigenvalue weighted by Crippen LogP contribution is -2.48. The highest BCUT2D eigenvalue weighted by atomic mass is 35.5. The summed E-state index contributed by atoms with van der Waals surface area (Å²) in [6.45, 7) is 2.90. The molecule has 0 aliphatic carbocycles. The SMILES string of the molecule is O=C(Nc1ccc(N2CCN(C(=O)c3cccs3)CC2)cc1)c1sc2cc(Cl)ccc2c1Cl. The predicted octanol–water partition coefficient (Wildman–Crippen LogP) is 6.48. The van der Waals surface area contributed by atoms with E-state index in [-0.39, 0.29) is 11.8 Å². The van der Waals surface area contributed by atoms with E-state index < -0.39 is 0 Å². The van der Waals surface area contributed by atoms with E-state index in [0.29, 0.717) is 33.7 Å². The lowest BCUT2D eigenvalue weighted by Gasteiger charge is -2.36. The molecule has 4 aromatic rings. The molecule has 2 aromatic carbocycles. The Hall–Kier alpha value is -2.58. The number of nitrogens with one attached hydrogen (secondary N) is 1. The first kappa shape index (κ1) is 22.2. The summed E-state index contributed by atoms with van der Waals surface area (Å²) in [5, 5.41) is 6.72. The molecule has 0 unspecified atom stereocenters. The smallest absolute Gasteiger partial charge is 0.267 e. The van der Waals surface area contributed by atoms with Crippen LogP contribution in [-0.2, 0) is 0 Å². The van der Waals surface area contributed by atoms with E-state index in [9.17, 15) is 9.59 Å². The van der Waals surface area contributed by atoms with Gasteiger partial charge in [-0.25, -0.2) is 0 Å². The largest absolute Gasteiger partial charge is 0.368 e. The normalized spacial score (nSPS) is 14.0. The van der Waals surface area contributed by atoms with Crippen molar-refractivity contribution in [3.8, 4) is 0 Å². The topological polar surface area (TPSA) is 52.7 Å². The Labute approximate surface area is 209 Å². The molecule has 2 aromatic heterocycles. The maximum Gasteiger partial charge on any atom is 0.267 e. The van der Waals surface area contributed by atoms with Gasteiger partial charge in [-0.05, 0) is 47.8 Å². The summed E-state index contributed by atoms with van der Waals surface area (Å²) in [6.07, 6.45) is 0. The minimum absolute atomic E-state index is 0.102. The number of piperazine rings is 1. The fourth-order valence-corrected chi connectivity index (χ4v) is 6.23. The maximum atomic E-state index is 12.8. The zero-order valence-electron chi connectivity index (χ0n) is 17.4. The van der Waals surface area contributed by atoms with Crippen LogP contribution in [0.3, 0.4) is 0 Å². The first-order valence-corrected chi connectivity index (χ1v) is 12.8. The van der Waals surface area contributed by atoms with Crippen LogP contribution in [0.25, 0.3) is 10.1 Å². The van der Waals surface area contributed by atoms with Gasteiger partial charge in [0.25, 0.3) is 11.8 Å². The summed E-state index contributed by atoms with van der Waals surface area (Å²) in [5.41, 5.74) is 1.76. The fraction of sp³-hybridized carbons (Fsp3) is 0.167. The number of rotatable bonds is 4. The molecule has 1 N–H and O–H groups in total. The molecule has 5 rings (SSSR count). The Morgan fingerprint density at radius 1 is 0.939 bits per heavy atom. The van der Waals surface area contributed by atoms with Crippen molar-refractivity contribution in [2.45, 2.75) is 0 Å². The number of amides is 2. The summed E-state index contributed by atoms with van der Waals surface area (Å²) < 4.78 is 0.879. The standard InChI is InChI=1S/C24H19Cl2N3O2S2/c25-15-3-8-18-20(14-15)33-22(21(18)26)23(30)27-16-4-6-17(7-5-16)28-9-11-29(12-10-28)24(31)19-2-1-13-32-19/h1-8,13-14H,9-12H2,(H,27,30). The highest BCUT2D eigenvalue weighted by Gasteiger charge is 2.23. The van der Waals surface area contributed by atoms with Crippen molar-refractivity contribution in [2.75, 3.05) is 36.4 Å². The summed E-state index contributed by atoms with van der Waals surface area (Å²) in [6, 6.07) is 16.9. The number of carbonyl (C=O) groups excluding carboxylic acids is 2. The molecule has 1 fully saturated rings. The van der Waals surface area contributed by atoms with Gasteiger partial charge in [-0.15, -0.1) is 22.7 Å². The maximum absolute atomic E-state index is 12.8. The van der Waals surface area contributed by atoms with E-state index in [4.69, 9.17) is 23.2 Å². The Bertz CT molecular complexity index is 1310. The molecule has 0 bridgehead atoms. The van der Waals surface area contributed by atoms with Gasteiger partial charge >= 0.3 is 0 Å². The van der Waals surface area contributed by atoms with Gasteiger partial charge in [0.2, 0.25) is 0 Å².